The second-order valence-corrected chi connectivity index (χ2v) is 9.78. The zero-order chi connectivity index (χ0) is 24.1. The number of aryl methyl sites for hydroxylation is 2. The lowest BCUT2D eigenvalue weighted by atomic mass is 9.94. The molecule has 0 aromatic heterocycles. The van der Waals surface area contributed by atoms with Crippen LogP contribution in [0.3, 0.4) is 0 Å². The van der Waals surface area contributed by atoms with E-state index in [0.717, 1.165) is 16.7 Å². The molecule has 34 heavy (non-hydrogen) atoms. The number of nitrogens with one attached hydrogen (secondary N) is 2. The van der Waals surface area contributed by atoms with Crippen LogP contribution in [0.15, 0.2) is 108 Å². The van der Waals surface area contributed by atoms with Crippen molar-refractivity contribution in [2.45, 2.75) is 24.8 Å². The van der Waals surface area contributed by atoms with E-state index in [0.29, 0.717) is 11.3 Å². The second kappa shape index (κ2) is 9.93. The van der Waals surface area contributed by atoms with Crippen molar-refractivity contribution < 1.29 is 13.2 Å². The first-order valence-electron chi connectivity index (χ1n) is 10.9. The summed E-state index contributed by atoms with van der Waals surface area (Å²) in [6.07, 6.45) is 0. The van der Waals surface area contributed by atoms with Crippen LogP contribution >= 0.6 is 0 Å². The number of hydrogen-bond acceptors (Lipinski definition) is 3. The van der Waals surface area contributed by atoms with Gasteiger partial charge in [0.25, 0.3) is 15.9 Å². The van der Waals surface area contributed by atoms with Crippen LogP contribution in [0, 0.1) is 13.8 Å². The summed E-state index contributed by atoms with van der Waals surface area (Å²) in [5.74, 6) is -0.353. The molecule has 1 atom stereocenters. The fourth-order valence-corrected chi connectivity index (χ4v) is 5.19. The average molecular weight is 471 g/mol. The lowest BCUT2D eigenvalue weighted by Crippen LogP contribution is -2.30. The molecule has 0 fully saturated rings. The predicted molar refractivity (Wildman–Crippen MR) is 135 cm³/mol. The molecule has 6 heteroatoms. The molecule has 0 unspecified atom stereocenters. The van der Waals surface area contributed by atoms with E-state index in [1.807, 2.05) is 67.6 Å². The van der Waals surface area contributed by atoms with E-state index in [-0.39, 0.29) is 22.4 Å². The van der Waals surface area contributed by atoms with Gasteiger partial charge in [-0.05, 0) is 60.4 Å². The molecule has 0 aliphatic carbocycles. The molecule has 0 aliphatic heterocycles. The molecule has 172 valence electrons. The highest BCUT2D eigenvalue weighted by atomic mass is 32.2. The number of benzene rings is 4. The summed E-state index contributed by atoms with van der Waals surface area (Å²) in [6, 6.07) is 30.6. The summed E-state index contributed by atoms with van der Waals surface area (Å²) < 4.78 is 28.7. The number of para-hydroxylation sites is 1. The summed E-state index contributed by atoms with van der Waals surface area (Å²) in [4.78, 5) is 13.4. The van der Waals surface area contributed by atoms with E-state index in [1.54, 1.807) is 43.3 Å². The Bertz CT molecular complexity index is 1400. The van der Waals surface area contributed by atoms with E-state index >= 15 is 0 Å². The summed E-state index contributed by atoms with van der Waals surface area (Å²) in [5.41, 5.74) is 4.26. The summed E-state index contributed by atoms with van der Waals surface area (Å²) >= 11 is 0. The van der Waals surface area contributed by atoms with Crippen LogP contribution in [0.1, 0.15) is 38.7 Å². The van der Waals surface area contributed by atoms with Crippen LogP contribution in [0.4, 0.5) is 5.69 Å². The van der Waals surface area contributed by atoms with Crippen molar-refractivity contribution in [2.24, 2.45) is 0 Å². The van der Waals surface area contributed by atoms with Crippen molar-refractivity contribution in [1.29, 1.82) is 0 Å². The number of sulfonamides is 1. The van der Waals surface area contributed by atoms with Crippen LogP contribution in [0.25, 0.3) is 0 Å². The lowest BCUT2D eigenvalue weighted by molar-refractivity contribution is 0.0942. The predicted octanol–water partition coefficient (Wildman–Crippen LogP) is 5.62. The minimum atomic E-state index is -3.87. The van der Waals surface area contributed by atoms with Gasteiger partial charge in [-0.1, -0.05) is 78.9 Å². The van der Waals surface area contributed by atoms with Crippen LogP contribution in [0.5, 0.6) is 0 Å². The Morgan fingerprint density at radius 3 is 2.03 bits per heavy atom. The Morgan fingerprint density at radius 1 is 0.735 bits per heavy atom. The van der Waals surface area contributed by atoms with Crippen LogP contribution < -0.4 is 10.0 Å². The van der Waals surface area contributed by atoms with E-state index in [2.05, 4.69) is 10.0 Å². The first-order chi connectivity index (χ1) is 16.3. The fourth-order valence-electron chi connectivity index (χ4n) is 3.86. The van der Waals surface area contributed by atoms with E-state index in [1.165, 1.54) is 6.07 Å². The monoisotopic (exact) mass is 470 g/mol. The molecule has 0 bridgehead atoms. The molecule has 1 amide bonds. The van der Waals surface area contributed by atoms with Crippen molar-refractivity contribution in [3.63, 3.8) is 0 Å². The van der Waals surface area contributed by atoms with E-state index in [9.17, 15) is 13.2 Å². The standard InChI is InChI=1S/C28H26N2O3S/c1-20-11-9-10-16-25(20)27(22-12-5-3-6-13-22)29-28(31)23-18-17-21(2)26(19-23)34(32,33)30-24-14-7-4-8-15-24/h3-19,27,30H,1-2H3,(H,29,31)/t27-/m0/s1. The van der Waals surface area contributed by atoms with Crippen molar-refractivity contribution in [1.82, 2.24) is 5.32 Å². The molecule has 0 radical (unpaired) electrons. The maximum Gasteiger partial charge on any atom is 0.262 e. The van der Waals surface area contributed by atoms with E-state index < -0.39 is 10.0 Å². The summed E-state index contributed by atoms with van der Waals surface area (Å²) in [6.45, 7) is 3.71. The van der Waals surface area contributed by atoms with Gasteiger partial charge in [-0.15, -0.1) is 0 Å². The first kappa shape index (κ1) is 23.3. The number of rotatable bonds is 7. The Labute approximate surface area is 200 Å². The van der Waals surface area contributed by atoms with Gasteiger partial charge in [0.1, 0.15) is 0 Å². The molecule has 0 saturated carbocycles. The van der Waals surface area contributed by atoms with Crippen LogP contribution in [-0.4, -0.2) is 14.3 Å². The van der Waals surface area contributed by atoms with Gasteiger partial charge in [-0.3, -0.25) is 9.52 Å². The van der Waals surface area contributed by atoms with Crippen molar-refractivity contribution in [3.05, 3.63) is 131 Å². The third kappa shape index (κ3) is 5.18. The number of carbonyl (C=O) groups is 1. The highest BCUT2D eigenvalue weighted by molar-refractivity contribution is 7.92. The molecule has 0 aliphatic rings. The lowest BCUT2D eigenvalue weighted by Gasteiger charge is -2.22. The maximum absolute atomic E-state index is 13.3. The van der Waals surface area contributed by atoms with Gasteiger partial charge in [-0.2, -0.15) is 0 Å². The minimum Gasteiger partial charge on any atom is -0.341 e. The molecular formula is C28H26N2O3S. The minimum absolute atomic E-state index is 0.0659. The molecule has 4 aromatic rings. The third-order valence-electron chi connectivity index (χ3n) is 5.67. The van der Waals surface area contributed by atoms with Gasteiger partial charge < -0.3 is 5.32 Å². The normalized spacial score (nSPS) is 12.1. The highest BCUT2D eigenvalue weighted by Crippen LogP contribution is 2.26. The number of amides is 1. The molecule has 0 saturated heterocycles. The van der Waals surface area contributed by atoms with Crippen molar-refractivity contribution >= 4 is 21.6 Å². The van der Waals surface area contributed by atoms with Gasteiger partial charge >= 0.3 is 0 Å². The maximum atomic E-state index is 13.3. The number of anilines is 1. The van der Waals surface area contributed by atoms with Crippen LogP contribution in [0.2, 0.25) is 0 Å². The zero-order valence-electron chi connectivity index (χ0n) is 19.0. The molecule has 4 rings (SSSR count). The summed E-state index contributed by atoms with van der Waals surface area (Å²) in [5, 5.41) is 3.10. The van der Waals surface area contributed by atoms with Gasteiger partial charge in [0.05, 0.1) is 10.9 Å². The van der Waals surface area contributed by atoms with Crippen molar-refractivity contribution in [3.8, 4) is 0 Å². The number of carbonyl (C=O) groups excluding carboxylic acids is 1. The Hall–Kier alpha value is -3.90. The SMILES string of the molecule is Cc1ccccc1[C@@H](NC(=O)c1ccc(C)c(S(=O)(=O)Nc2ccccc2)c1)c1ccccc1. The Balaban J connectivity index is 1.66. The van der Waals surface area contributed by atoms with Gasteiger partial charge in [0, 0.05) is 11.3 Å². The number of hydrogen-bond donors (Lipinski definition) is 2. The molecule has 0 spiro atoms. The average Bonchev–Trinajstić information content (AvgIpc) is 2.84. The summed E-state index contributed by atoms with van der Waals surface area (Å²) in [7, 11) is -3.87. The van der Waals surface area contributed by atoms with Gasteiger partial charge in [0.2, 0.25) is 0 Å². The Morgan fingerprint density at radius 2 is 1.35 bits per heavy atom. The second-order valence-electron chi connectivity index (χ2n) is 8.13. The quantitative estimate of drug-likeness (QED) is 0.368. The molecule has 2 N–H and O–H groups in total. The molecular weight excluding hydrogens is 444 g/mol. The fraction of sp³-hybridized carbons (Fsp3) is 0.107. The highest BCUT2D eigenvalue weighted by Gasteiger charge is 2.22. The molecule has 5 nitrogen and oxygen atoms in total. The van der Waals surface area contributed by atoms with E-state index in [4.69, 9.17) is 0 Å². The third-order valence-corrected chi connectivity index (χ3v) is 7.20. The largest absolute Gasteiger partial charge is 0.341 e. The molecule has 0 heterocycles. The smallest absolute Gasteiger partial charge is 0.262 e. The van der Waals surface area contributed by atoms with Gasteiger partial charge in [0.15, 0.2) is 0 Å². The first-order valence-corrected chi connectivity index (χ1v) is 12.4. The van der Waals surface area contributed by atoms with Gasteiger partial charge in [-0.25, -0.2) is 8.42 Å². The molecule has 4 aromatic carbocycles. The topological polar surface area (TPSA) is 75.3 Å². The Kier molecular flexibility index (Phi) is 6.80. The zero-order valence-corrected chi connectivity index (χ0v) is 19.8. The van der Waals surface area contributed by atoms with Crippen molar-refractivity contribution in [2.75, 3.05) is 4.72 Å². The van der Waals surface area contributed by atoms with Crippen LogP contribution in [-0.2, 0) is 10.0 Å².